The zero-order chi connectivity index (χ0) is 25.4. The maximum absolute atomic E-state index is 7.08. The van der Waals surface area contributed by atoms with E-state index in [0.29, 0.717) is 0 Å². The summed E-state index contributed by atoms with van der Waals surface area (Å²) in [7, 11) is -1.36. The SMILES string of the molecule is C1=CCC2CC[CH-]C2=C1.C[Si](C)(C)[NH-].Cc1cc2cccc3c4cccc5cccc(c(c1C)c23)c54.[Cl-].[Cl-].[Zr+4]. The summed E-state index contributed by atoms with van der Waals surface area (Å²) in [5.74, 6) is 0.884. The predicted octanol–water partition coefficient (Wildman–Crippen LogP) is 4.72. The average molecular weight is 650 g/mol. The Balaban J connectivity index is 0.000000264. The van der Waals surface area contributed by atoms with Crippen molar-refractivity contribution in [2.45, 2.75) is 52.8 Å². The van der Waals surface area contributed by atoms with Crippen molar-refractivity contribution in [1.29, 1.82) is 0 Å². The molecule has 0 radical (unpaired) electrons. The fourth-order valence-electron chi connectivity index (χ4n) is 5.70. The molecule has 200 valence electrons. The van der Waals surface area contributed by atoms with Crippen LogP contribution >= 0.6 is 0 Å². The van der Waals surface area contributed by atoms with Crippen LogP contribution in [0.3, 0.4) is 0 Å². The molecular formula is C34H37Cl2NSiZr. The summed E-state index contributed by atoms with van der Waals surface area (Å²) in [6.07, 6.45) is 13.0. The second kappa shape index (κ2) is 13.8. The molecule has 0 aliphatic heterocycles. The Bertz CT molecular complexity index is 1610. The molecule has 2 aliphatic carbocycles. The first-order chi connectivity index (χ1) is 17.2. The minimum Gasteiger partial charge on any atom is -1.00 e. The van der Waals surface area contributed by atoms with Crippen LogP contribution in [-0.4, -0.2) is 8.24 Å². The van der Waals surface area contributed by atoms with Gasteiger partial charge in [0.25, 0.3) is 0 Å². The van der Waals surface area contributed by atoms with Gasteiger partial charge in [-0.2, -0.15) is 0 Å². The molecule has 39 heavy (non-hydrogen) atoms. The Hall–Kier alpha value is -1.61. The molecule has 5 aromatic rings. The largest absolute Gasteiger partial charge is 4.00 e. The van der Waals surface area contributed by atoms with Gasteiger partial charge < -0.3 is 30.2 Å². The van der Waals surface area contributed by atoms with E-state index in [1.165, 1.54) is 73.5 Å². The standard InChI is InChI=1S/C22H16.C9H11.C3H10NSi.2ClH.Zr/c1-13-12-16-8-5-10-18-17-9-3-6-15-7-4-11-19(21(15)17)20(14(13)2)22(16)18;1-2-5-9-7-3-6-8(9)4-1;1-5(2,3)4;;;/h3-12H,1-2H3;1-2,4,6,9H,3,5,7H2;4H,1-3H3;2*1H;/q;2*-1;;;+4/p-2. The van der Waals surface area contributed by atoms with Crippen LogP contribution in [0.25, 0.3) is 48.5 Å². The number of halogens is 2. The molecule has 0 heterocycles. The number of nitrogens with one attached hydrogen (secondary N) is 1. The zero-order valence-corrected chi connectivity index (χ0v) is 28.5. The summed E-state index contributed by atoms with van der Waals surface area (Å²) < 4.78 is 0. The molecule has 0 amide bonds. The molecule has 0 saturated heterocycles. The monoisotopic (exact) mass is 647 g/mol. The smallest absolute Gasteiger partial charge is 1.00 e. The Morgan fingerprint density at radius 3 is 1.97 bits per heavy atom. The first-order valence-electron chi connectivity index (χ1n) is 13.2. The van der Waals surface area contributed by atoms with Gasteiger partial charge in [-0.15, -0.1) is 18.6 Å². The van der Waals surface area contributed by atoms with E-state index in [0.717, 1.165) is 5.92 Å². The molecule has 0 aromatic heterocycles. The minimum atomic E-state index is -1.36. The average Bonchev–Trinajstić information content (AvgIpc) is 3.32. The molecule has 0 spiro atoms. The minimum absolute atomic E-state index is 0. The molecule has 0 bridgehead atoms. The summed E-state index contributed by atoms with van der Waals surface area (Å²) in [4.78, 5) is 0. The van der Waals surface area contributed by atoms with E-state index >= 15 is 0 Å². The number of aryl methyl sites for hydroxylation is 2. The van der Waals surface area contributed by atoms with Gasteiger partial charge in [-0.3, -0.25) is 0 Å². The molecular weight excluding hydrogens is 613 g/mol. The number of allylic oxidation sites excluding steroid dienone is 4. The van der Waals surface area contributed by atoms with Crippen LogP contribution in [0, 0.1) is 26.2 Å². The maximum atomic E-state index is 7.08. The number of hydrogen-bond acceptors (Lipinski definition) is 0. The van der Waals surface area contributed by atoms with Crippen LogP contribution in [-0.2, 0) is 26.2 Å². The van der Waals surface area contributed by atoms with Crippen LogP contribution in [0.15, 0.2) is 84.5 Å². The number of hydrogen-bond donors (Lipinski definition) is 0. The van der Waals surface area contributed by atoms with Gasteiger partial charge in [0.05, 0.1) is 0 Å². The Labute approximate surface area is 266 Å². The normalized spacial score (nSPS) is 15.5. The Morgan fingerprint density at radius 1 is 0.795 bits per heavy atom. The summed E-state index contributed by atoms with van der Waals surface area (Å²) in [5.41, 5.74) is 4.36. The molecule has 1 saturated carbocycles. The summed E-state index contributed by atoms with van der Waals surface area (Å²) in [6.45, 7) is 10.5. The fourth-order valence-corrected chi connectivity index (χ4v) is 5.70. The third-order valence-electron chi connectivity index (χ3n) is 7.36. The van der Waals surface area contributed by atoms with Crippen LogP contribution < -0.4 is 24.8 Å². The van der Waals surface area contributed by atoms with Gasteiger partial charge in [-0.05, 0) is 80.4 Å². The van der Waals surface area contributed by atoms with Crippen molar-refractivity contribution in [2.24, 2.45) is 5.92 Å². The van der Waals surface area contributed by atoms with Gasteiger partial charge in [-0.1, -0.05) is 95.0 Å². The molecule has 1 unspecified atom stereocenters. The molecule has 1 fully saturated rings. The van der Waals surface area contributed by atoms with Crippen molar-refractivity contribution in [1.82, 2.24) is 0 Å². The van der Waals surface area contributed by atoms with Crippen molar-refractivity contribution in [3.05, 3.63) is 107 Å². The van der Waals surface area contributed by atoms with Gasteiger partial charge >= 0.3 is 26.2 Å². The van der Waals surface area contributed by atoms with Crippen molar-refractivity contribution >= 4 is 51.3 Å². The molecule has 2 aliphatic rings. The second-order valence-corrected chi connectivity index (χ2v) is 15.9. The van der Waals surface area contributed by atoms with Crippen molar-refractivity contribution in [3.8, 4) is 0 Å². The van der Waals surface area contributed by atoms with E-state index in [1.807, 2.05) is 19.6 Å². The Morgan fingerprint density at radius 2 is 1.36 bits per heavy atom. The number of fused-ring (bicyclic) bond motifs is 3. The molecule has 1 N–H and O–H groups in total. The number of rotatable bonds is 0. The van der Waals surface area contributed by atoms with Gasteiger partial charge in [0, 0.05) is 0 Å². The van der Waals surface area contributed by atoms with E-state index in [9.17, 15) is 0 Å². The molecule has 7 rings (SSSR count). The molecule has 1 atom stereocenters. The van der Waals surface area contributed by atoms with Crippen molar-refractivity contribution in [2.75, 3.05) is 0 Å². The van der Waals surface area contributed by atoms with E-state index in [-0.39, 0.29) is 51.0 Å². The maximum Gasteiger partial charge on any atom is 4.00 e. The number of benzene rings is 5. The van der Waals surface area contributed by atoms with E-state index in [4.69, 9.17) is 5.40 Å². The third kappa shape index (κ3) is 7.19. The topological polar surface area (TPSA) is 23.8 Å². The van der Waals surface area contributed by atoms with Crippen LogP contribution in [0.5, 0.6) is 0 Å². The fraction of sp³-hybridized carbons (Fsp3) is 0.265. The summed E-state index contributed by atoms with van der Waals surface area (Å²) in [6, 6.07) is 22.4. The van der Waals surface area contributed by atoms with Crippen LogP contribution in [0.4, 0.5) is 0 Å². The van der Waals surface area contributed by atoms with Crippen molar-refractivity contribution < 1.29 is 51.0 Å². The zero-order valence-electron chi connectivity index (χ0n) is 23.5. The molecule has 5 heteroatoms. The van der Waals surface area contributed by atoms with E-state index in [1.54, 1.807) is 5.57 Å². The predicted molar refractivity (Wildman–Crippen MR) is 164 cm³/mol. The first kappa shape index (κ1) is 33.6. The Kier molecular flexibility index (Phi) is 11.9. The third-order valence-corrected chi connectivity index (χ3v) is 7.36. The summed E-state index contributed by atoms with van der Waals surface area (Å²) >= 11 is 0. The summed E-state index contributed by atoms with van der Waals surface area (Å²) in [5, 5.41) is 18.1. The van der Waals surface area contributed by atoms with Crippen LogP contribution in [0.2, 0.25) is 19.6 Å². The van der Waals surface area contributed by atoms with Gasteiger partial charge in [0.15, 0.2) is 0 Å². The molecule has 5 aromatic carbocycles. The quantitative estimate of drug-likeness (QED) is 0.100. The van der Waals surface area contributed by atoms with E-state index in [2.05, 4.69) is 99.2 Å². The van der Waals surface area contributed by atoms with Gasteiger partial charge in [0.1, 0.15) is 0 Å². The van der Waals surface area contributed by atoms with Gasteiger partial charge in [0.2, 0.25) is 0 Å². The van der Waals surface area contributed by atoms with E-state index < -0.39 is 8.24 Å². The second-order valence-electron chi connectivity index (χ2n) is 11.4. The van der Waals surface area contributed by atoms with Crippen LogP contribution in [0.1, 0.15) is 30.4 Å². The van der Waals surface area contributed by atoms with Crippen molar-refractivity contribution in [3.63, 3.8) is 0 Å². The first-order valence-corrected chi connectivity index (χ1v) is 16.7. The van der Waals surface area contributed by atoms with Gasteiger partial charge in [-0.25, -0.2) is 18.1 Å². The molecule has 1 nitrogen and oxygen atoms in total.